The van der Waals surface area contributed by atoms with Crippen molar-refractivity contribution in [3.63, 3.8) is 0 Å². The average molecular weight is 314 g/mol. The van der Waals surface area contributed by atoms with Gasteiger partial charge in [0.15, 0.2) is 5.16 Å². The second-order valence-electron chi connectivity index (χ2n) is 4.77. The molecule has 5 nitrogen and oxygen atoms in total. The van der Waals surface area contributed by atoms with Crippen LogP contribution in [0.1, 0.15) is 6.92 Å². The molecule has 3 rings (SSSR count). The van der Waals surface area contributed by atoms with Crippen molar-refractivity contribution in [3.05, 3.63) is 30.3 Å². The molecule has 0 atom stereocenters. The van der Waals surface area contributed by atoms with E-state index in [1.807, 2.05) is 25.1 Å². The van der Waals surface area contributed by atoms with Gasteiger partial charge in [0.25, 0.3) is 0 Å². The molecule has 0 saturated carbocycles. The van der Waals surface area contributed by atoms with Crippen molar-refractivity contribution in [2.45, 2.75) is 12.1 Å². The number of ether oxygens (including phenoxy) is 1. The van der Waals surface area contributed by atoms with Crippen LogP contribution >= 0.6 is 11.8 Å². The Labute approximate surface area is 134 Å². The highest BCUT2D eigenvalue weighted by Crippen LogP contribution is 2.26. The Hall–Kier alpha value is -1.97. The molecule has 1 fully saturated rings. The number of benzene rings is 1. The summed E-state index contributed by atoms with van der Waals surface area (Å²) in [7, 11) is 0. The largest absolute Gasteiger partial charge is 0.378 e. The fourth-order valence-electron chi connectivity index (χ4n) is 2.30. The summed E-state index contributed by atoms with van der Waals surface area (Å²) in [6.45, 7) is 4.98. The lowest BCUT2D eigenvalue weighted by Gasteiger charge is -2.27. The van der Waals surface area contributed by atoms with Gasteiger partial charge in [-0.2, -0.15) is 0 Å². The van der Waals surface area contributed by atoms with Gasteiger partial charge in [-0.15, -0.1) is 16.1 Å². The molecule has 1 aromatic carbocycles. The Morgan fingerprint density at radius 3 is 2.68 bits per heavy atom. The van der Waals surface area contributed by atoms with E-state index in [1.54, 1.807) is 11.8 Å². The van der Waals surface area contributed by atoms with Crippen molar-refractivity contribution in [1.29, 1.82) is 0 Å². The van der Waals surface area contributed by atoms with Crippen LogP contribution < -0.4 is 4.90 Å². The predicted molar refractivity (Wildman–Crippen MR) is 88.6 cm³/mol. The molecule has 0 amide bonds. The zero-order valence-corrected chi connectivity index (χ0v) is 13.3. The number of anilines is 1. The van der Waals surface area contributed by atoms with E-state index >= 15 is 0 Å². The van der Waals surface area contributed by atoms with E-state index in [2.05, 4.69) is 43.6 Å². The molecule has 114 valence electrons. The van der Waals surface area contributed by atoms with Gasteiger partial charge in [0.1, 0.15) is 0 Å². The van der Waals surface area contributed by atoms with Gasteiger partial charge in [-0.3, -0.25) is 4.57 Å². The smallest absolute Gasteiger partial charge is 0.232 e. The van der Waals surface area contributed by atoms with E-state index < -0.39 is 0 Å². The summed E-state index contributed by atoms with van der Waals surface area (Å²) >= 11 is 1.61. The highest BCUT2D eigenvalue weighted by Gasteiger charge is 2.21. The number of para-hydroxylation sites is 1. The van der Waals surface area contributed by atoms with Crippen LogP contribution in [-0.4, -0.2) is 46.8 Å². The van der Waals surface area contributed by atoms with Crippen molar-refractivity contribution < 1.29 is 4.74 Å². The maximum Gasteiger partial charge on any atom is 0.232 e. The molecular weight excluding hydrogens is 296 g/mol. The highest BCUT2D eigenvalue weighted by molar-refractivity contribution is 7.99. The monoisotopic (exact) mass is 314 g/mol. The number of thioether (sulfide) groups is 1. The first kappa shape index (κ1) is 14.9. The zero-order valence-electron chi connectivity index (χ0n) is 12.5. The van der Waals surface area contributed by atoms with Crippen LogP contribution in [0.25, 0.3) is 5.69 Å². The Kier molecular flexibility index (Phi) is 4.99. The Morgan fingerprint density at radius 2 is 1.95 bits per heavy atom. The molecule has 0 spiro atoms. The number of aromatic nitrogens is 3. The Morgan fingerprint density at radius 1 is 1.18 bits per heavy atom. The summed E-state index contributed by atoms with van der Waals surface area (Å²) in [4.78, 5) is 2.22. The molecule has 0 aliphatic carbocycles. The molecule has 1 aromatic heterocycles. The minimum absolute atomic E-state index is 0.713. The number of nitrogens with zero attached hydrogens (tertiary/aromatic N) is 4. The van der Waals surface area contributed by atoms with Gasteiger partial charge in [-0.1, -0.05) is 35.9 Å². The minimum atomic E-state index is 0.713. The molecule has 1 aliphatic rings. The minimum Gasteiger partial charge on any atom is -0.378 e. The summed E-state index contributed by atoms with van der Waals surface area (Å²) < 4.78 is 7.53. The van der Waals surface area contributed by atoms with Crippen molar-refractivity contribution in [3.8, 4) is 17.5 Å². The van der Waals surface area contributed by atoms with Crippen LogP contribution in [-0.2, 0) is 4.74 Å². The van der Waals surface area contributed by atoms with Gasteiger partial charge in [0.2, 0.25) is 5.95 Å². The van der Waals surface area contributed by atoms with E-state index in [4.69, 9.17) is 4.74 Å². The van der Waals surface area contributed by atoms with Crippen LogP contribution in [0.4, 0.5) is 5.95 Å². The third-order valence-corrected chi connectivity index (χ3v) is 4.19. The van der Waals surface area contributed by atoms with Crippen LogP contribution in [0.5, 0.6) is 0 Å². The van der Waals surface area contributed by atoms with Gasteiger partial charge in [-0.25, -0.2) is 0 Å². The lowest BCUT2D eigenvalue weighted by Crippen LogP contribution is -2.37. The molecule has 0 N–H and O–H groups in total. The maximum atomic E-state index is 5.43. The van der Waals surface area contributed by atoms with Crippen LogP contribution in [0.2, 0.25) is 0 Å². The number of rotatable bonds is 4. The first-order valence-corrected chi connectivity index (χ1v) is 8.24. The predicted octanol–water partition coefficient (Wildman–Crippen LogP) is 2.22. The van der Waals surface area contributed by atoms with Gasteiger partial charge in [0, 0.05) is 13.1 Å². The van der Waals surface area contributed by atoms with Crippen molar-refractivity contribution in [1.82, 2.24) is 14.8 Å². The quantitative estimate of drug-likeness (QED) is 0.639. The van der Waals surface area contributed by atoms with Gasteiger partial charge >= 0.3 is 0 Å². The van der Waals surface area contributed by atoms with Crippen LogP contribution in [0.3, 0.4) is 0 Å². The van der Waals surface area contributed by atoms with Gasteiger partial charge in [0.05, 0.1) is 24.7 Å². The zero-order chi connectivity index (χ0) is 15.2. The van der Waals surface area contributed by atoms with Crippen molar-refractivity contribution in [2.75, 3.05) is 37.0 Å². The van der Waals surface area contributed by atoms with E-state index in [9.17, 15) is 0 Å². The van der Waals surface area contributed by atoms with Crippen LogP contribution in [0.15, 0.2) is 35.5 Å². The molecule has 6 heteroatoms. The van der Waals surface area contributed by atoms with Gasteiger partial charge < -0.3 is 9.64 Å². The molecular formula is C16H18N4OS. The number of hydrogen-bond donors (Lipinski definition) is 0. The summed E-state index contributed by atoms with van der Waals surface area (Å²) in [5.41, 5.74) is 1.07. The summed E-state index contributed by atoms with van der Waals surface area (Å²) in [6, 6.07) is 10.2. The Balaban J connectivity index is 1.96. The SMILES string of the molecule is CC#CCSc1nnc(N2CCOCC2)n1-c1ccccc1. The molecule has 22 heavy (non-hydrogen) atoms. The fourth-order valence-corrected chi connectivity index (χ4v) is 3.06. The normalized spacial score (nSPS) is 14.5. The molecule has 2 aromatic rings. The average Bonchev–Trinajstić information content (AvgIpc) is 3.01. The lowest BCUT2D eigenvalue weighted by atomic mass is 10.3. The second kappa shape index (κ2) is 7.34. The van der Waals surface area contributed by atoms with E-state index in [0.29, 0.717) is 5.75 Å². The van der Waals surface area contributed by atoms with Crippen molar-refractivity contribution in [2.24, 2.45) is 0 Å². The lowest BCUT2D eigenvalue weighted by molar-refractivity contribution is 0.122. The van der Waals surface area contributed by atoms with Crippen LogP contribution in [0, 0.1) is 11.8 Å². The van der Waals surface area contributed by atoms with Gasteiger partial charge in [-0.05, 0) is 19.1 Å². The molecule has 1 saturated heterocycles. The first-order chi connectivity index (χ1) is 10.9. The summed E-state index contributed by atoms with van der Waals surface area (Å²) in [5, 5.41) is 9.65. The molecule has 0 bridgehead atoms. The Bertz CT molecular complexity index is 668. The highest BCUT2D eigenvalue weighted by atomic mass is 32.2. The number of hydrogen-bond acceptors (Lipinski definition) is 5. The van der Waals surface area contributed by atoms with E-state index in [-0.39, 0.29) is 0 Å². The second-order valence-corrected chi connectivity index (χ2v) is 5.71. The third kappa shape index (κ3) is 3.26. The van der Waals surface area contributed by atoms with Crippen molar-refractivity contribution >= 4 is 17.7 Å². The van der Waals surface area contributed by atoms with E-state index in [0.717, 1.165) is 43.1 Å². The molecule has 2 heterocycles. The third-order valence-electron chi connectivity index (χ3n) is 3.37. The first-order valence-electron chi connectivity index (χ1n) is 7.26. The maximum absolute atomic E-state index is 5.43. The fraction of sp³-hybridized carbons (Fsp3) is 0.375. The molecule has 0 radical (unpaired) electrons. The standard InChI is InChI=1S/C16H18N4OS/c1-2-3-13-22-16-18-17-15(19-9-11-21-12-10-19)20(16)14-7-5-4-6-8-14/h4-8H,9-13H2,1H3. The number of morpholine rings is 1. The van der Waals surface area contributed by atoms with E-state index in [1.165, 1.54) is 0 Å². The topological polar surface area (TPSA) is 43.2 Å². The molecule has 0 unspecified atom stereocenters. The molecule has 1 aliphatic heterocycles. The summed E-state index contributed by atoms with van der Waals surface area (Å²) in [5.74, 6) is 7.56. The summed E-state index contributed by atoms with van der Waals surface area (Å²) in [6.07, 6.45) is 0.